The van der Waals surface area contributed by atoms with Crippen LogP contribution in [-0.2, 0) is 14.8 Å². The number of carbonyl (C=O) groups excluding carboxylic acids is 1. The van der Waals surface area contributed by atoms with Gasteiger partial charge in [0.2, 0.25) is 15.9 Å². The van der Waals surface area contributed by atoms with Gasteiger partial charge < -0.3 is 5.32 Å². The van der Waals surface area contributed by atoms with Crippen molar-refractivity contribution in [2.24, 2.45) is 0 Å². The molecule has 3 aromatic carbocycles. The highest BCUT2D eigenvalue weighted by atomic mass is 32.2. The first-order valence-corrected chi connectivity index (χ1v) is 12.9. The van der Waals surface area contributed by atoms with Gasteiger partial charge in [0.25, 0.3) is 5.56 Å². The molecule has 9 heteroatoms. The number of anilines is 1. The van der Waals surface area contributed by atoms with Crippen LogP contribution in [0, 0.1) is 13.8 Å². The third-order valence-corrected chi connectivity index (χ3v) is 8.11. The summed E-state index contributed by atoms with van der Waals surface area (Å²) in [6, 6.07) is 18.0. The molecule has 1 heterocycles. The second kappa shape index (κ2) is 9.67. The Morgan fingerprint density at radius 3 is 2.33 bits per heavy atom. The number of benzene rings is 3. The van der Waals surface area contributed by atoms with Crippen molar-refractivity contribution in [1.29, 1.82) is 0 Å². The predicted molar refractivity (Wildman–Crippen MR) is 141 cm³/mol. The number of nitrogens with one attached hydrogen (secondary N) is 1. The largest absolute Gasteiger partial charge is 0.326 e. The minimum atomic E-state index is -3.95. The van der Waals surface area contributed by atoms with Crippen LogP contribution in [0.25, 0.3) is 16.6 Å². The summed E-state index contributed by atoms with van der Waals surface area (Å²) >= 11 is 0. The molecule has 0 bridgehead atoms. The fraction of sp³-hybridized carbons (Fsp3) is 0.222. The predicted octanol–water partition coefficient (Wildman–Crippen LogP) is 4.34. The lowest BCUT2D eigenvalue weighted by Gasteiger charge is -2.27. The first kappa shape index (κ1) is 25.3. The van der Waals surface area contributed by atoms with Gasteiger partial charge in [-0.15, -0.1) is 0 Å². The van der Waals surface area contributed by atoms with Gasteiger partial charge in [0.05, 0.1) is 27.5 Å². The van der Waals surface area contributed by atoms with Crippen molar-refractivity contribution >= 4 is 32.5 Å². The first-order chi connectivity index (χ1) is 17.0. The Balaban J connectivity index is 1.85. The number of amides is 1. The lowest BCUT2D eigenvalue weighted by molar-refractivity contribution is -0.114. The average Bonchev–Trinajstić information content (AvgIpc) is 2.83. The van der Waals surface area contributed by atoms with E-state index in [1.807, 2.05) is 32.0 Å². The molecule has 8 nitrogen and oxygen atoms in total. The molecule has 1 unspecified atom stereocenters. The Hall–Kier alpha value is -3.82. The van der Waals surface area contributed by atoms with E-state index in [9.17, 15) is 18.0 Å². The smallest absolute Gasteiger partial charge is 0.266 e. The quantitative estimate of drug-likeness (QED) is 0.421. The van der Waals surface area contributed by atoms with E-state index < -0.39 is 16.1 Å². The molecule has 36 heavy (non-hydrogen) atoms. The van der Waals surface area contributed by atoms with Gasteiger partial charge in [-0.05, 0) is 68.8 Å². The second-order valence-corrected chi connectivity index (χ2v) is 10.8. The number of nitrogens with zero attached hydrogens (tertiary/aromatic N) is 3. The molecule has 0 aliphatic carbocycles. The van der Waals surface area contributed by atoms with Crippen LogP contribution in [0.2, 0.25) is 0 Å². The molecule has 1 aromatic heterocycles. The number of aromatic nitrogens is 2. The van der Waals surface area contributed by atoms with Crippen molar-refractivity contribution in [3.8, 4) is 5.69 Å². The maximum Gasteiger partial charge on any atom is 0.266 e. The number of aryl methyl sites for hydroxylation is 2. The number of para-hydroxylation sites is 1. The topological polar surface area (TPSA) is 101 Å². The highest BCUT2D eigenvalue weighted by Crippen LogP contribution is 2.28. The summed E-state index contributed by atoms with van der Waals surface area (Å²) in [7, 11) is -2.48. The Morgan fingerprint density at radius 2 is 1.69 bits per heavy atom. The standard InChI is InChI=1S/C27H28N4O4S/c1-17-10-15-25(18(2)16-17)31-26(29-24-9-7-6-8-23(24)27(31)33)19(3)30(5)36(34,35)22-13-11-21(12-14-22)28-20(4)32/h6-16,19H,1-5H3,(H,28,32). The molecule has 0 fully saturated rings. The normalized spacial score (nSPS) is 12.6. The molecule has 0 saturated carbocycles. The SMILES string of the molecule is CC(=O)Nc1ccc(S(=O)(=O)N(C)C(C)c2nc3ccccc3c(=O)n2-c2ccc(C)cc2C)cc1. The van der Waals surface area contributed by atoms with Gasteiger partial charge in [-0.2, -0.15) is 4.31 Å². The monoisotopic (exact) mass is 504 g/mol. The van der Waals surface area contributed by atoms with E-state index >= 15 is 0 Å². The van der Waals surface area contributed by atoms with E-state index in [4.69, 9.17) is 4.98 Å². The summed E-state index contributed by atoms with van der Waals surface area (Å²) in [6.45, 7) is 6.97. The highest BCUT2D eigenvalue weighted by molar-refractivity contribution is 7.89. The molecule has 1 N–H and O–H groups in total. The van der Waals surface area contributed by atoms with Crippen molar-refractivity contribution in [3.05, 3.63) is 94.0 Å². The highest BCUT2D eigenvalue weighted by Gasteiger charge is 2.30. The van der Waals surface area contributed by atoms with Crippen molar-refractivity contribution in [3.63, 3.8) is 0 Å². The van der Waals surface area contributed by atoms with E-state index in [0.717, 1.165) is 11.1 Å². The molecular formula is C27H28N4O4S. The van der Waals surface area contributed by atoms with Crippen LogP contribution < -0.4 is 10.9 Å². The number of hydrogen-bond acceptors (Lipinski definition) is 5. The van der Waals surface area contributed by atoms with Gasteiger partial charge in [0, 0.05) is 19.7 Å². The first-order valence-electron chi connectivity index (χ1n) is 11.5. The van der Waals surface area contributed by atoms with Crippen molar-refractivity contribution in [2.75, 3.05) is 12.4 Å². The van der Waals surface area contributed by atoms with Crippen LogP contribution in [0.4, 0.5) is 5.69 Å². The molecule has 0 aliphatic heterocycles. The molecule has 0 saturated heterocycles. The van der Waals surface area contributed by atoms with Gasteiger partial charge >= 0.3 is 0 Å². The maximum absolute atomic E-state index is 13.7. The minimum Gasteiger partial charge on any atom is -0.326 e. The number of rotatable bonds is 6. The van der Waals surface area contributed by atoms with Crippen molar-refractivity contribution < 1.29 is 13.2 Å². The molecule has 1 amide bonds. The van der Waals surface area contributed by atoms with Crippen LogP contribution in [0.1, 0.15) is 36.8 Å². The van der Waals surface area contributed by atoms with E-state index in [2.05, 4.69) is 5.32 Å². The van der Waals surface area contributed by atoms with Gasteiger partial charge in [0.15, 0.2) is 0 Å². The summed E-state index contributed by atoms with van der Waals surface area (Å²) in [5, 5.41) is 3.08. The number of fused-ring (bicyclic) bond motifs is 1. The number of sulfonamides is 1. The van der Waals surface area contributed by atoms with Crippen LogP contribution in [0.5, 0.6) is 0 Å². The van der Waals surface area contributed by atoms with E-state index in [1.54, 1.807) is 31.2 Å². The van der Waals surface area contributed by atoms with Crippen LogP contribution in [0.3, 0.4) is 0 Å². The Labute approximate surface area is 210 Å². The van der Waals surface area contributed by atoms with Gasteiger partial charge in [-0.25, -0.2) is 13.4 Å². The molecule has 0 aliphatic rings. The van der Waals surface area contributed by atoms with E-state index in [1.165, 1.54) is 47.1 Å². The van der Waals surface area contributed by atoms with Crippen molar-refractivity contribution in [2.45, 2.75) is 38.6 Å². The molecule has 1 atom stereocenters. The summed E-state index contributed by atoms with van der Waals surface area (Å²) < 4.78 is 29.7. The van der Waals surface area contributed by atoms with Crippen LogP contribution in [-0.4, -0.2) is 35.2 Å². The second-order valence-electron chi connectivity index (χ2n) is 8.82. The van der Waals surface area contributed by atoms with Crippen LogP contribution >= 0.6 is 0 Å². The zero-order valence-corrected chi connectivity index (χ0v) is 21.6. The minimum absolute atomic E-state index is 0.0622. The lowest BCUT2D eigenvalue weighted by Crippen LogP contribution is -2.35. The third kappa shape index (κ3) is 4.67. The Kier molecular flexibility index (Phi) is 6.79. The fourth-order valence-corrected chi connectivity index (χ4v) is 5.49. The molecule has 4 aromatic rings. The van der Waals surface area contributed by atoms with Gasteiger partial charge in [-0.3, -0.25) is 14.2 Å². The summed E-state index contributed by atoms with van der Waals surface area (Å²) in [5.41, 5.74) is 3.31. The maximum atomic E-state index is 13.7. The van der Waals surface area contributed by atoms with Gasteiger partial charge in [-0.1, -0.05) is 29.8 Å². The zero-order chi connectivity index (χ0) is 26.2. The van der Waals surface area contributed by atoms with Gasteiger partial charge in [0.1, 0.15) is 5.82 Å². The molecule has 186 valence electrons. The van der Waals surface area contributed by atoms with E-state index in [0.29, 0.717) is 28.1 Å². The summed E-state index contributed by atoms with van der Waals surface area (Å²) in [6.07, 6.45) is 0. The summed E-state index contributed by atoms with van der Waals surface area (Å²) in [5.74, 6) is 0.0645. The van der Waals surface area contributed by atoms with E-state index in [-0.39, 0.29) is 16.4 Å². The molecule has 0 radical (unpaired) electrons. The average molecular weight is 505 g/mol. The van der Waals surface area contributed by atoms with Crippen molar-refractivity contribution in [1.82, 2.24) is 13.9 Å². The van der Waals surface area contributed by atoms with Crippen LogP contribution in [0.15, 0.2) is 76.4 Å². The lowest BCUT2D eigenvalue weighted by atomic mass is 10.1. The summed E-state index contributed by atoms with van der Waals surface area (Å²) in [4.78, 5) is 29.8. The number of hydrogen-bond donors (Lipinski definition) is 1. The Bertz CT molecular complexity index is 1630. The molecule has 4 rings (SSSR count). The fourth-order valence-electron chi connectivity index (χ4n) is 4.17. The molecule has 0 spiro atoms. The zero-order valence-electron chi connectivity index (χ0n) is 20.8. The molecular weight excluding hydrogens is 476 g/mol. The third-order valence-electron chi connectivity index (χ3n) is 6.17. The Morgan fingerprint density at radius 1 is 1.03 bits per heavy atom. The number of carbonyl (C=O) groups is 1.